The van der Waals surface area contributed by atoms with Crippen LogP contribution in [-0.4, -0.2) is 41.1 Å². The second kappa shape index (κ2) is 8.16. The summed E-state index contributed by atoms with van der Waals surface area (Å²) in [6.07, 6.45) is 1.11. The molecule has 4 nitrogen and oxygen atoms in total. The SMILES string of the molecule is C=C1c2c(nc(-c3cccc(C)c3)n2Cc2ccccc2)N(C)CCN1CCC. The highest BCUT2D eigenvalue weighted by molar-refractivity contribution is 5.76. The van der Waals surface area contributed by atoms with E-state index in [0.29, 0.717) is 0 Å². The van der Waals surface area contributed by atoms with Gasteiger partial charge in [0.05, 0.1) is 5.70 Å². The summed E-state index contributed by atoms with van der Waals surface area (Å²) in [5, 5.41) is 0. The van der Waals surface area contributed by atoms with Gasteiger partial charge in [-0.05, 0) is 25.0 Å². The minimum absolute atomic E-state index is 0.777. The first-order valence-corrected chi connectivity index (χ1v) is 10.5. The Hall–Kier alpha value is -3.01. The first-order valence-electron chi connectivity index (χ1n) is 10.5. The Balaban J connectivity index is 1.90. The number of likely N-dealkylation sites (N-methyl/N-ethyl adjacent to an activating group) is 1. The Bertz CT molecular complexity index is 1000. The molecule has 0 radical (unpaired) electrons. The van der Waals surface area contributed by atoms with Crippen LogP contribution >= 0.6 is 0 Å². The summed E-state index contributed by atoms with van der Waals surface area (Å²) in [5.41, 5.74) is 5.87. The Morgan fingerprint density at radius 1 is 1.03 bits per heavy atom. The Labute approximate surface area is 174 Å². The number of imidazole rings is 1. The molecule has 0 amide bonds. The van der Waals surface area contributed by atoms with Crippen LogP contribution in [0.1, 0.15) is 30.2 Å². The van der Waals surface area contributed by atoms with Gasteiger partial charge in [0.25, 0.3) is 0 Å². The molecular weight excluding hydrogens is 356 g/mol. The van der Waals surface area contributed by atoms with Crippen molar-refractivity contribution in [1.29, 1.82) is 0 Å². The molecule has 4 rings (SSSR count). The van der Waals surface area contributed by atoms with Gasteiger partial charge in [-0.25, -0.2) is 4.98 Å². The fourth-order valence-electron chi connectivity index (χ4n) is 4.09. The second-order valence-electron chi connectivity index (χ2n) is 7.90. The molecule has 1 aliphatic rings. The molecular formula is C25H30N4. The maximum absolute atomic E-state index is 5.15. The van der Waals surface area contributed by atoms with Crippen LogP contribution in [0, 0.1) is 6.92 Å². The molecule has 29 heavy (non-hydrogen) atoms. The highest BCUT2D eigenvalue weighted by atomic mass is 15.3. The van der Waals surface area contributed by atoms with Gasteiger partial charge in [0.2, 0.25) is 0 Å². The van der Waals surface area contributed by atoms with Crippen molar-refractivity contribution in [3.8, 4) is 11.4 Å². The molecule has 1 aliphatic heterocycles. The van der Waals surface area contributed by atoms with Gasteiger partial charge < -0.3 is 14.4 Å². The zero-order chi connectivity index (χ0) is 20.4. The molecule has 2 heterocycles. The summed E-state index contributed by atoms with van der Waals surface area (Å²) < 4.78 is 2.35. The summed E-state index contributed by atoms with van der Waals surface area (Å²) >= 11 is 0. The molecule has 0 atom stereocenters. The summed E-state index contributed by atoms with van der Waals surface area (Å²) in [4.78, 5) is 9.83. The molecule has 3 aromatic rings. The Morgan fingerprint density at radius 3 is 2.55 bits per heavy atom. The highest BCUT2D eigenvalue weighted by Gasteiger charge is 2.28. The Morgan fingerprint density at radius 2 is 1.83 bits per heavy atom. The van der Waals surface area contributed by atoms with E-state index in [4.69, 9.17) is 4.98 Å². The van der Waals surface area contributed by atoms with E-state index >= 15 is 0 Å². The van der Waals surface area contributed by atoms with Crippen molar-refractivity contribution in [3.63, 3.8) is 0 Å². The maximum atomic E-state index is 5.15. The number of rotatable bonds is 5. The van der Waals surface area contributed by atoms with Gasteiger partial charge in [-0.1, -0.05) is 67.6 Å². The molecule has 0 saturated carbocycles. The minimum atomic E-state index is 0.777. The fourth-order valence-corrected chi connectivity index (χ4v) is 4.09. The van der Waals surface area contributed by atoms with Gasteiger partial charge in [-0.2, -0.15) is 0 Å². The summed E-state index contributed by atoms with van der Waals surface area (Å²) in [7, 11) is 2.14. The van der Waals surface area contributed by atoms with E-state index in [-0.39, 0.29) is 0 Å². The van der Waals surface area contributed by atoms with Gasteiger partial charge >= 0.3 is 0 Å². The van der Waals surface area contributed by atoms with Crippen molar-refractivity contribution >= 4 is 11.5 Å². The van der Waals surface area contributed by atoms with Crippen LogP contribution in [0.25, 0.3) is 17.1 Å². The lowest BCUT2D eigenvalue weighted by molar-refractivity contribution is 0.406. The largest absolute Gasteiger partial charge is 0.368 e. The van der Waals surface area contributed by atoms with Gasteiger partial charge in [-0.3, -0.25) is 0 Å². The standard InChI is InChI=1S/C25H30N4/c1-5-14-28-16-15-27(4)25-23(20(28)3)29(18-21-11-7-6-8-12-21)24(26-25)22-13-9-10-19(2)17-22/h6-13,17H,3,5,14-16,18H2,1-2,4H3. The predicted molar refractivity (Wildman–Crippen MR) is 122 cm³/mol. The zero-order valence-electron chi connectivity index (χ0n) is 17.7. The third-order valence-electron chi connectivity index (χ3n) is 5.62. The number of fused-ring (bicyclic) bond motifs is 1. The zero-order valence-corrected chi connectivity index (χ0v) is 17.7. The number of anilines is 1. The maximum Gasteiger partial charge on any atom is 0.157 e. The van der Waals surface area contributed by atoms with E-state index in [1.54, 1.807) is 0 Å². The topological polar surface area (TPSA) is 24.3 Å². The van der Waals surface area contributed by atoms with E-state index in [1.807, 2.05) is 0 Å². The molecule has 4 heteroatoms. The normalized spacial score (nSPS) is 14.1. The van der Waals surface area contributed by atoms with Crippen LogP contribution in [0.15, 0.2) is 61.2 Å². The summed E-state index contributed by atoms with van der Waals surface area (Å²) in [6.45, 7) is 12.6. The van der Waals surface area contributed by atoms with Crippen molar-refractivity contribution in [2.24, 2.45) is 0 Å². The molecule has 0 bridgehead atoms. The lowest BCUT2D eigenvalue weighted by Crippen LogP contribution is -2.29. The highest BCUT2D eigenvalue weighted by Crippen LogP contribution is 2.36. The average molecular weight is 387 g/mol. The lowest BCUT2D eigenvalue weighted by Gasteiger charge is -2.25. The predicted octanol–water partition coefficient (Wildman–Crippen LogP) is 5.04. The number of benzene rings is 2. The first-order chi connectivity index (χ1) is 14.1. The van der Waals surface area contributed by atoms with Crippen LogP contribution in [0.3, 0.4) is 0 Å². The molecule has 150 valence electrons. The van der Waals surface area contributed by atoms with Gasteiger partial charge in [0.1, 0.15) is 11.5 Å². The monoisotopic (exact) mass is 386 g/mol. The summed E-state index contributed by atoms with van der Waals surface area (Å²) in [5.74, 6) is 2.04. The smallest absolute Gasteiger partial charge is 0.157 e. The van der Waals surface area contributed by atoms with Crippen LogP contribution in [0.5, 0.6) is 0 Å². The van der Waals surface area contributed by atoms with Crippen LogP contribution in [-0.2, 0) is 6.54 Å². The first kappa shape index (κ1) is 19.3. The average Bonchev–Trinajstić information content (AvgIpc) is 3.05. The molecule has 0 spiro atoms. The summed E-state index contributed by atoms with van der Waals surface area (Å²) in [6, 6.07) is 19.2. The number of hydrogen-bond donors (Lipinski definition) is 0. The van der Waals surface area contributed by atoms with E-state index in [2.05, 4.69) is 96.4 Å². The van der Waals surface area contributed by atoms with E-state index in [9.17, 15) is 0 Å². The van der Waals surface area contributed by atoms with Crippen molar-refractivity contribution in [3.05, 3.63) is 78.0 Å². The lowest BCUT2D eigenvalue weighted by atomic mass is 10.1. The molecule has 0 fully saturated rings. The van der Waals surface area contributed by atoms with E-state index in [0.717, 1.165) is 61.2 Å². The molecule has 0 unspecified atom stereocenters. The number of hydrogen-bond acceptors (Lipinski definition) is 3. The number of aromatic nitrogens is 2. The quantitative estimate of drug-likeness (QED) is 0.614. The Kier molecular flexibility index (Phi) is 5.43. The molecule has 1 aromatic heterocycles. The van der Waals surface area contributed by atoms with Gasteiger partial charge in [0, 0.05) is 38.8 Å². The van der Waals surface area contributed by atoms with Crippen molar-refractivity contribution in [2.75, 3.05) is 31.6 Å². The van der Waals surface area contributed by atoms with Crippen molar-refractivity contribution in [1.82, 2.24) is 14.5 Å². The van der Waals surface area contributed by atoms with E-state index < -0.39 is 0 Å². The molecule has 0 N–H and O–H groups in total. The molecule has 0 aliphatic carbocycles. The third-order valence-corrected chi connectivity index (χ3v) is 5.62. The van der Waals surface area contributed by atoms with Crippen molar-refractivity contribution in [2.45, 2.75) is 26.8 Å². The van der Waals surface area contributed by atoms with Gasteiger partial charge in [-0.15, -0.1) is 0 Å². The van der Waals surface area contributed by atoms with Crippen LogP contribution < -0.4 is 4.90 Å². The minimum Gasteiger partial charge on any atom is -0.368 e. The van der Waals surface area contributed by atoms with Crippen LogP contribution in [0.2, 0.25) is 0 Å². The van der Waals surface area contributed by atoms with E-state index in [1.165, 1.54) is 11.1 Å². The third kappa shape index (κ3) is 3.80. The molecule has 0 saturated heterocycles. The van der Waals surface area contributed by atoms with Crippen LogP contribution in [0.4, 0.5) is 5.82 Å². The second-order valence-corrected chi connectivity index (χ2v) is 7.90. The molecule has 2 aromatic carbocycles. The van der Waals surface area contributed by atoms with Gasteiger partial charge in [0.15, 0.2) is 5.82 Å². The number of aryl methyl sites for hydroxylation is 1. The number of nitrogens with zero attached hydrogens (tertiary/aromatic N) is 4. The van der Waals surface area contributed by atoms with Crippen molar-refractivity contribution < 1.29 is 0 Å². The fraction of sp³-hybridized carbons (Fsp3) is 0.320.